The normalized spacial score (nSPS) is 12.9. The van der Waals surface area contributed by atoms with Gasteiger partial charge in [0.15, 0.2) is 0 Å². The van der Waals surface area contributed by atoms with Crippen LogP contribution in [0.25, 0.3) is 0 Å². The van der Waals surface area contributed by atoms with Gasteiger partial charge in [0, 0.05) is 16.3 Å². The number of nitrogens with one attached hydrogen (secondary N) is 1. The van der Waals surface area contributed by atoms with Gasteiger partial charge in [-0.1, -0.05) is 17.7 Å². The summed E-state index contributed by atoms with van der Waals surface area (Å²) in [4.78, 5) is 4.04. The third-order valence-corrected chi connectivity index (χ3v) is 3.23. The molecular weight excluding hydrogens is 226 g/mol. The van der Waals surface area contributed by atoms with E-state index in [1.165, 1.54) is 0 Å². The number of anilines is 2. The Morgan fingerprint density at radius 3 is 3.12 bits per heavy atom. The number of halogens is 1. The molecule has 1 aromatic heterocycles. The van der Waals surface area contributed by atoms with Crippen LogP contribution in [0.5, 0.6) is 5.88 Å². The van der Waals surface area contributed by atoms with Gasteiger partial charge in [0.05, 0.1) is 12.2 Å². The van der Waals surface area contributed by atoms with E-state index >= 15 is 0 Å². The van der Waals surface area contributed by atoms with E-state index in [9.17, 15) is 5.11 Å². The molecule has 2 N–H and O–H groups in total. The number of nitrogens with zero attached hydrogens (tertiary/aromatic N) is 2. The van der Waals surface area contributed by atoms with Crippen molar-refractivity contribution >= 4 is 23.2 Å². The molecule has 0 atom stereocenters. The summed E-state index contributed by atoms with van der Waals surface area (Å²) >= 11 is 6.13. The zero-order valence-electron chi connectivity index (χ0n) is 8.66. The first-order chi connectivity index (χ1) is 7.66. The van der Waals surface area contributed by atoms with Crippen LogP contribution in [0.3, 0.4) is 0 Å². The van der Waals surface area contributed by atoms with Crippen molar-refractivity contribution in [3.8, 4) is 5.88 Å². The van der Waals surface area contributed by atoms with Crippen LogP contribution in [0.4, 0.5) is 11.6 Å². The van der Waals surface area contributed by atoms with Gasteiger partial charge in [-0.2, -0.15) is 4.98 Å². The Labute approximate surface area is 97.5 Å². The second kappa shape index (κ2) is 3.15. The van der Waals surface area contributed by atoms with Gasteiger partial charge in [0.25, 0.3) is 0 Å². The molecule has 1 aliphatic rings. The van der Waals surface area contributed by atoms with Crippen molar-refractivity contribution in [1.29, 1.82) is 0 Å². The highest BCUT2D eigenvalue weighted by molar-refractivity contribution is 6.31. The molecular formula is C11H10ClN3O. The van der Waals surface area contributed by atoms with Crippen LogP contribution in [-0.2, 0) is 6.54 Å². The highest BCUT2D eigenvalue weighted by Gasteiger charge is 2.21. The smallest absolute Gasteiger partial charge is 0.234 e. The SMILES string of the molecule is Cc1c(O)nc2n1Cc1c(Cl)cccc1N2. The van der Waals surface area contributed by atoms with Crippen molar-refractivity contribution in [2.45, 2.75) is 13.5 Å². The predicted octanol–water partition coefficient (Wildman–Crippen LogP) is 2.66. The molecule has 1 aliphatic heterocycles. The molecule has 0 unspecified atom stereocenters. The van der Waals surface area contributed by atoms with E-state index in [0.29, 0.717) is 12.5 Å². The lowest BCUT2D eigenvalue weighted by Gasteiger charge is -2.21. The lowest BCUT2D eigenvalue weighted by atomic mass is 10.1. The minimum atomic E-state index is 0.0615. The first kappa shape index (κ1) is 9.54. The average molecular weight is 236 g/mol. The summed E-state index contributed by atoms with van der Waals surface area (Å²) < 4.78 is 1.91. The molecule has 4 nitrogen and oxygen atoms in total. The summed E-state index contributed by atoms with van der Waals surface area (Å²) in [7, 11) is 0. The Morgan fingerprint density at radius 1 is 1.50 bits per heavy atom. The first-order valence-electron chi connectivity index (χ1n) is 4.97. The first-order valence-corrected chi connectivity index (χ1v) is 5.35. The second-order valence-electron chi connectivity index (χ2n) is 3.82. The second-order valence-corrected chi connectivity index (χ2v) is 4.23. The van der Waals surface area contributed by atoms with Crippen LogP contribution in [0.1, 0.15) is 11.3 Å². The molecule has 82 valence electrons. The van der Waals surface area contributed by atoms with Gasteiger partial charge in [-0.05, 0) is 19.1 Å². The number of hydrogen-bond donors (Lipinski definition) is 2. The fraction of sp³-hybridized carbons (Fsp3) is 0.182. The van der Waals surface area contributed by atoms with Gasteiger partial charge in [0.1, 0.15) is 0 Å². The molecule has 0 amide bonds. The van der Waals surface area contributed by atoms with Crippen LogP contribution in [0.15, 0.2) is 18.2 Å². The molecule has 0 spiro atoms. The van der Waals surface area contributed by atoms with Crippen LogP contribution < -0.4 is 5.32 Å². The number of hydrogen-bond acceptors (Lipinski definition) is 3. The molecule has 16 heavy (non-hydrogen) atoms. The predicted molar refractivity (Wildman–Crippen MR) is 62.5 cm³/mol. The molecule has 0 radical (unpaired) electrons. The summed E-state index contributed by atoms with van der Waals surface area (Å²) in [6.07, 6.45) is 0. The van der Waals surface area contributed by atoms with Gasteiger partial charge >= 0.3 is 0 Å². The van der Waals surface area contributed by atoms with Crippen molar-refractivity contribution in [3.05, 3.63) is 34.5 Å². The number of aromatic hydroxyl groups is 1. The Balaban J connectivity index is 2.17. The number of rotatable bonds is 0. The minimum Gasteiger partial charge on any atom is -0.492 e. The summed E-state index contributed by atoms with van der Waals surface area (Å²) in [5, 5.41) is 13.4. The number of benzene rings is 1. The van der Waals surface area contributed by atoms with E-state index in [1.807, 2.05) is 29.7 Å². The summed E-state index contributed by atoms with van der Waals surface area (Å²) in [6.45, 7) is 2.46. The van der Waals surface area contributed by atoms with Crippen LogP contribution in [0, 0.1) is 6.92 Å². The van der Waals surface area contributed by atoms with Gasteiger partial charge in [-0.15, -0.1) is 0 Å². The van der Waals surface area contributed by atoms with Gasteiger partial charge in [-0.25, -0.2) is 0 Å². The highest BCUT2D eigenvalue weighted by Crippen LogP contribution is 2.35. The third kappa shape index (κ3) is 1.20. The topological polar surface area (TPSA) is 50.1 Å². The van der Waals surface area contributed by atoms with Crippen LogP contribution >= 0.6 is 11.6 Å². The van der Waals surface area contributed by atoms with Crippen LogP contribution in [0.2, 0.25) is 5.02 Å². The van der Waals surface area contributed by atoms with E-state index in [1.54, 1.807) is 0 Å². The summed E-state index contributed by atoms with van der Waals surface area (Å²) in [5.41, 5.74) is 2.72. The summed E-state index contributed by atoms with van der Waals surface area (Å²) in [5.74, 6) is 0.719. The quantitative estimate of drug-likeness (QED) is 0.630. The molecule has 2 heterocycles. The monoisotopic (exact) mass is 235 g/mol. The van der Waals surface area contributed by atoms with E-state index in [4.69, 9.17) is 11.6 Å². The van der Waals surface area contributed by atoms with Crippen molar-refractivity contribution in [2.24, 2.45) is 0 Å². The highest BCUT2D eigenvalue weighted by atomic mass is 35.5. The maximum absolute atomic E-state index is 9.55. The lowest BCUT2D eigenvalue weighted by Crippen LogP contribution is -2.14. The van der Waals surface area contributed by atoms with Gasteiger partial charge in [-0.3, -0.25) is 0 Å². The van der Waals surface area contributed by atoms with Crippen molar-refractivity contribution in [3.63, 3.8) is 0 Å². The van der Waals surface area contributed by atoms with E-state index in [2.05, 4.69) is 10.3 Å². The number of aromatic nitrogens is 2. The maximum Gasteiger partial charge on any atom is 0.234 e. The third-order valence-electron chi connectivity index (χ3n) is 2.88. The minimum absolute atomic E-state index is 0.0615. The standard InChI is InChI=1S/C11H10ClN3O/c1-6-10(16)14-11-13-9-4-2-3-8(12)7(9)5-15(6)11/h2-4,16H,5H2,1H3,(H,13,14). The number of fused-ring (bicyclic) bond motifs is 2. The zero-order valence-corrected chi connectivity index (χ0v) is 9.41. The molecule has 0 bridgehead atoms. The molecule has 0 aliphatic carbocycles. The van der Waals surface area contributed by atoms with Crippen molar-refractivity contribution < 1.29 is 5.11 Å². The fourth-order valence-corrected chi connectivity index (χ4v) is 2.16. The molecule has 0 saturated carbocycles. The molecule has 0 saturated heterocycles. The summed E-state index contributed by atoms with van der Waals surface area (Å²) in [6, 6.07) is 5.70. The van der Waals surface area contributed by atoms with Gasteiger partial charge < -0.3 is 15.0 Å². The molecule has 2 aromatic rings. The van der Waals surface area contributed by atoms with E-state index < -0.39 is 0 Å². The van der Waals surface area contributed by atoms with Crippen molar-refractivity contribution in [1.82, 2.24) is 9.55 Å². The van der Waals surface area contributed by atoms with Gasteiger partial charge in [0.2, 0.25) is 11.8 Å². The Bertz CT molecular complexity index is 577. The Morgan fingerprint density at radius 2 is 2.31 bits per heavy atom. The Hall–Kier alpha value is -1.68. The molecule has 3 rings (SSSR count). The molecule has 5 heteroatoms. The average Bonchev–Trinajstić information content (AvgIpc) is 2.53. The molecule has 1 aromatic carbocycles. The lowest BCUT2D eigenvalue weighted by molar-refractivity contribution is 0.451. The largest absolute Gasteiger partial charge is 0.492 e. The van der Waals surface area contributed by atoms with E-state index in [0.717, 1.165) is 22.0 Å². The van der Waals surface area contributed by atoms with Crippen molar-refractivity contribution in [2.75, 3.05) is 5.32 Å². The maximum atomic E-state index is 9.55. The zero-order chi connectivity index (χ0) is 11.3. The fourth-order valence-electron chi connectivity index (χ4n) is 1.93. The Kier molecular flexibility index (Phi) is 1.88. The molecule has 0 fully saturated rings. The van der Waals surface area contributed by atoms with E-state index in [-0.39, 0.29) is 5.88 Å². The number of imidazole rings is 1. The van der Waals surface area contributed by atoms with Crippen LogP contribution in [-0.4, -0.2) is 14.7 Å².